The van der Waals surface area contributed by atoms with Gasteiger partial charge in [0, 0.05) is 23.9 Å². The van der Waals surface area contributed by atoms with Crippen molar-refractivity contribution in [1.82, 2.24) is 4.90 Å². The number of hydrogen-bond donors (Lipinski definition) is 1. The zero-order chi connectivity index (χ0) is 13.1. The van der Waals surface area contributed by atoms with Crippen molar-refractivity contribution in [3.8, 4) is 0 Å². The first-order valence-corrected chi connectivity index (χ1v) is 7.01. The molecule has 0 radical (unpaired) electrons. The van der Waals surface area contributed by atoms with Gasteiger partial charge in [-0.15, -0.1) is 11.3 Å². The van der Waals surface area contributed by atoms with Crippen LogP contribution in [0.25, 0.3) is 0 Å². The van der Waals surface area contributed by atoms with Crippen LogP contribution in [0.2, 0.25) is 0 Å². The van der Waals surface area contributed by atoms with Crippen molar-refractivity contribution in [3.63, 3.8) is 0 Å². The summed E-state index contributed by atoms with van der Waals surface area (Å²) in [5.41, 5.74) is 0. The number of hydrogen-bond acceptors (Lipinski definition) is 3. The summed E-state index contributed by atoms with van der Waals surface area (Å²) in [7, 11) is 0. The molecule has 1 aromatic heterocycles. The molecular formula is C13H17NO3S. The molecule has 1 aliphatic rings. The number of aromatic carboxylic acids is 1. The molecule has 1 amide bonds. The molecule has 1 saturated heterocycles. The van der Waals surface area contributed by atoms with Crippen molar-refractivity contribution in [2.45, 2.75) is 38.6 Å². The zero-order valence-corrected chi connectivity index (χ0v) is 11.2. The summed E-state index contributed by atoms with van der Waals surface area (Å²) in [5.74, 6) is -0.616. The van der Waals surface area contributed by atoms with Gasteiger partial charge in [0.15, 0.2) is 0 Å². The number of carbonyl (C=O) groups is 2. The van der Waals surface area contributed by atoms with Crippen LogP contribution in [-0.2, 0) is 11.2 Å². The monoisotopic (exact) mass is 267 g/mol. The Balaban J connectivity index is 1.81. The molecule has 1 N–H and O–H groups in total. The third-order valence-electron chi connectivity index (χ3n) is 3.32. The molecule has 0 bridgehead atoms. The number of amides is 1. The molecule has 98 valence electrons. The van der Waals surface area contributed by atoms with E-state index in [2.05, 4.69) is 6.92 Å². The van der Waals surface area contributed by atoms with Gasteiger partial charge in [0.1, 0.15) is 4.88 Å². The molecule has 2 heterocycles. The van der Waals surface area contributed by atoms with Gasteiger partial charge in [-0.3, -0.25) is 4.79 Å². The maximum atomic E-state index is 11.6. The highest BCUT2D eigenvalue weighted by atomic mass is 32.1. The van der Waals surface area contributed by atoms with E-state index in [1.165, 1.54) is 11.3 Å². The SMILES string of the molecule is CC1CCC(=O)N1CCCc1ccc(C(=O)O)s1. The fourth-order valence-corrected chi connectivity index (χ4v) is 3.16. The Morgan fingerprint density at radius 1 is 1.56 bits per heavy atom. The first kappa shape index (κ1) is 13.1. The molecule has 0 aliphatic carbocycles. The Bertz CT molecular complexity index is 455. The van der Waals surface area contributed by atoms with Crippen LogP contribution in [0.3, 0.4) is 0 Å². The van der Waals surface area contributed by atoms with Crippen molar-refractivity contribution < 1.29 is 14.7 Å². The minimum atomic E-state index is -0.866. The van der Waals surface area contributed by atoms with Crippen LogP contribution in [-0.4, -0.2) is 34.5 Å². The maximum Gasteiger partial charge on any atom is 0.345 e. The van der Waals surface area contributed by atoms with Crippen LogP contribution in [0, 0.1) is 0 Å². The Morgan fingerprint density at radius 2 is 2.33 bits per heavy atom. The van der Waals surface area contributed by atoms with Crippen molar-refractivity contribution in [2.75, 3.05) is 6.54 Å². The lowest BCUT2D eigenvalue weighted by molar-refractivity contribution is -0.128. The van der Waals surface area contributed by atoms with Crippen molar-refractivity contribution >= 4 is 23.2 Å². The summed E-state index contributed by atoms with van der Waals surface area (Å²) in [5, 5.41) is 8.82. The first-order valence-electron chi connectivity index (χ1n) is 6.19. The summed E-state index contributed by atoms with van der Waals surface area (Å²) in [6, 6.07) is 3.87. The van der Waals surface area contributed by atoms with Crippen LogP contribution in [0.1, 0.15) is 40.7 Å². The minimum absolute atomic E-state index is 0.250. The van der Waals surface area contributed by atoms with Gasteiger partial charge in [0.2, 0.25) is 5.91 Å². The number of likely N-dealkylation sites (tertiary alicyclic amines) is 1. The van der Waals surface area contributed by atoms with E-state index in [0.717, 1.165) is 30.7 Å². The Kier molecular flexibility index (Phi) is 4.01. The number of rotatable bonds is 5. The molecule has 1 atom stereocenters. The minimum Gasteiger partial charge on any atom is -0.477 e. The van der Waals surface area contributed by atoms with Gasteiger partial charge in [0.25, 0.3) is 0 Å². The molecule has 18 heavy (non-hydrogen) atoms. The van der Waals surface area contributed by atoms with E-state index in [4.69, 9.17) is 5.11 Å². The van der Waals surface area contributed by atoms with Crippen molar-refractivity contribution in [3.05, 3.63) is 21.9 Å². The highest BCUT2D eigenvalue weighted by Gasteiger charge is 2.26. The highest BCUT2D eigenvalue weighted by Crippen LogP contribution is 2.21. The third kappa shape index (κ3) is 2.90. The summed E-state index contributed by atoms with van der Waals surface area (Å²) < 4.78 is 0. The van der Waals surface area contributed by atoms with Gasteiger partial charge in [-0.2, -0.15) is 0 Å². The Morgan fingerprint density at radius 3 is 2.89 bits per heavy atom. The fraction of sp³-hybridized carbons (Fsp3) is 0.538. The van der Waals surface area contributed by atoms with Crippen LogP contribution in [0.4, 0.5) is 0 Å². The molecule has 0 saturated carbocycles. The van der Waals surface area contributed by atoms with Gasteiger partial charge in [0.05, 0.1) is 0 Å². The molecule has 1 fully saturated rings. The predicted molar refractivity (Wildman–Crippen MR) is 70.0 cm³/mol. The Hall–Kier alpha value is -1.36. The second-order valence-corrected chi connectivity index (χ2v) is 5.82. The quantitative estimate of drug-likeness (QED) is 0.891. The van der Waals surface area contributed by atoms with E-state index < -0.39 is 5.97 Å². The van der Waals surface area contributed by atoms with Crippen LogP contribution >= 0.6 is 11.3 Å². The predicted octanol–water partition coefficient (Wildman–Crippen LogP) is 2.39. The maximum absolute atomic E-state index is 11.6. The summed E-state index contributed by atoms with van der Waals surface area (Å²) in [6.07, 6.45) is 3.37. The lowest BCUT2D eigenvalue weighted by atomic mass is 10.2. The molecule has 1 unspecified atom stereocenters. The number of aryl methyl sites for hydroxylation is 1. The third-order valence-corrected chi connectivity index (χ3v) is 4.46. The second-order valence-electron chi connectivity index (χ2n) is 4.65. The van der Waals surface area contributed by atoms with Crippen molar-refractivity contribution in [1.29, 1.82) is 0 Å². The number of carbonyl (C=O) groups excluding carboxylic acids is 1. The molecule has 2 rings (SSSR count). The fourth-order valence-electron chi connectivity index (χ4n) is 2.27. The molecule has 5 heteroatoms. The number of carboxylic acid groups (broad SMARTS) is 1. The van der Waals surface area contributed by atoms with E-state index in [-0.39, 0.29) is 5.91 Å². The van der Waals surface area contributed by atoms with Crippen molar-refractivity contribution in [2.24, 2.45) is 0 Å². The van der Waals surface area contributed by atoms with Crippen LogP contribution in [0.5, 0.6) is 0 Å². The summed E-state index contributed by atoms with van der Waals surface area (Å²) in [4.78, 5) is 25.7. The van der Waals surface area contributed by atoms with Gasteiger partial charge < -0.3 is 10.0 Å². The normalized spacial score (nSPS) is 19.5. The largest absolute Gasteiger partial charge is 0.477 e. The molecule has 1 aliphatic heterocycles. The zero-order valence-electron chi connectivity index (χ0n) is 10.4. The molecule has 0 spiro atoms. The Labute approximate surface area is 110 Å². The lowest BCUT2D eigenvalue weighted by Crippen LogP contribution is -2.32. The lowest BCUT2D eigenvalue weighted by Gasteiger charge is -2.21. The molecular weight excluding hydrogens is 250 g/mol. The smallest absolute Gasteiger partial charge is 0.345 e. The number of carboxylic acids is 1. The number of nitrogens with zero attached hydrogens (tertiary/aromatic N) is 1. The van der Waals surface area contributed by atoms with Gasteiger partial charge in [-0.05, 0) is 38.3 Å². The van der Waals surface area contributed by atoms with Gasteiger partial charge in [-0.1, -0.05) is 0 Å². The number of thiophene rings is 1. The van der Waals surface area contributed by atoms with Crippen LogP contribution in [0.15, 0.2) is 12.1 Å². The summed E-state index contributed by atoms with van der Waals surface area (Å²) >= 11 is 1.32. The van der Waals surface area contributed by atoms with E-state index in [9.17, 15) is 9.59 Å². The molecule has 4 nitrogen and oxygen atoms in total. The average molecular weight is 267 g/mol. The molecule has 0 aromatic carbocycles. The molecule has 1 aromatic rings. The van der Waals surface area contributed by atoms with Gasteiger partial charge in [-0.25, -0.2) is 4.79 Å². The van der Waals surface area contributed by atoms with E-state index in [1.54, 1.807) is 6.07 Å². The van der Waals surface area contributed by atoms with E-state index >= 15 is 0 Å². The van der Waals surface area contributed by atoms with Gasteiger partial charge >= 0.3 is 5.97 Å². The van der Waals surface area contributed by atoms with Crippen LogP contribution < -0.4 is 0 Å². The summed E-state index contributed by atoms with van der Waals surface area (Å²) in [6.45, 7) is 2.86. The highest BCUT2D eigenvalue weighted by molar-refractivity contribution is 7.13. The first-order chi connectivity index (χ1) is 8.58. The van der Waals surface area contributed by atoms with E-state index in [1.807, 2.05) is 11.0 Å². The van der Waals surface area contributed by atoms with E-state index in [0.29, 0.717) is 17.3 Å². The topological polar surface area (TPSA) is 57.6 Å². The standard InChI is InChI=1S/C13H17NO3S/c1-9-4-7-12(15)14(9)8-2-3-10-5-6-11(18-10)13(16)17/h5-6,9H,2-4,7-8H2,1H3,(H,16,17). The average Bonchev–Trinajstić information content (AvgIpc) is 2.90. The second kappa shape index (κ2) is 5.52.